The number of amides is 1. The molecular formula is C10H11NO2S. The molecule has 0 saturated carbocycles. The minimum atomic E-state index is 0.00709. The predicted octanol–water partition coefficient (Wildman–Crippen LogP) is 1.53. The first-order chi connectivity index (χ1) is 6.81. The van der Waals surface area contributed by atoms with Gasteiger partial charge in [-0.05, 0) is 18.2 Å². The number of carbonyl (C=O) groups is 1. The van der Waals surface area contributed by atoms with E-state index in [0.717, 1.165) is 28.5 Å². The van der Waals surface area contributed by atoms with Crippen LogP contribution in [0.1, 0.15) is 10.4 Å². The largest absolute Gasteiger partial charge is 0.497 e. The van der Waals surface area contributed by atoms with E-state index in [4.69, 9.17) is 4.74 Å². The molecule has 1 amide bonds. The van der Waals surface area contributed by atoms with Crippen LogP contribution in [0.3, 0.4) is 0 Å². The van der Waals surface area contributed by atoms with Gasteiger partial charge >= 0.3 is 0 Å². The molecule has 0 spiro atoms. The molecule has 0 fully saturated rings. The van der Waals surface area contributed by atoms with E-state index in [2.05, 4.69) is 5.32 Å². The lowest BCUT2D eigenvalue weighted by Gasteiger charge is -2.05. The minimum absolute atomic E-state index is 0.00709. The highest BCUT2D eigenvalue weighted by Gasteiger charge is 2.15. The van der Waals surface area contributed by atoms with Crippen molar-refractivity contribution >= 4 is 17.7 Å². The van der Waals surface area contributed by atoms with Crippen LogP contribution in [0.25, 0.3) is 0 Å². The van der Waals surface area contributed by atoms with E-state index in [1.54, 1.807) is 18.9 Å². The van der Waals surface area contributed by atoms with Gasteiger partial charge in [-0.2, -0.15) is 0 Å². The Morgan fingerprint density at radius 2 is 2.36 bits per heavy atom. The summed E-state index contributed by atoms with van der Waals surface area (Å²) >= 11 is 1.68. The fourth-order valence-corrected chi connectivity index (χ4v) is 2.30. The van der Waals surface area contributed by atoms with E-state index in [1.165, 1.54) is 0 Å². The van der Waals surface area contributed by atoms with Gasteiger partial charge in [-0.15, -0.1) is 11.8 Å². The number of carbonyl (C=O) groups excluding carboxylic acids is 1. The van der Waals surface area contributed by atoms with E-state index in [-0.39, 0.29) is 5.91 Å². The summed E-state index contributed by atoms with van der Waals surface area (Å²) in [6.07, 6.45) is 0. The molecule has 0 aliphatic carbocycles. The van der Waals surface area contributed by atoms with Gasteiger partial charge in [0.2, 0.25) is 0 Å². The van der Waals surface area contributed by atoms with Crippen LogP contribution in [-0.2, 0) is 0 Å². The maximum Gasteiger partial charge on any atom is 0.252 e. The zero-order valence-corrected chi connectivity index (χ0v) is 8.69. The summed E-state index contributed by atoms with van der Waals surface area (Å²) in [5.41, 5.74) is 0.744. The Labute approximate surface area is 86.8 Å². The number of hydrogen-bond donors (Lipinski definition) is 1. The highest BCUT2D eigenvalue weighted by molar-refractivity contribution is 7.99. The molecule has 3 nitrogen and oxygen atoms in total. The van der Waals surface area contributed by atoms with E-state index in [9.17, 15) is 4.79 Å². The Morgan fingerprint density at radius 3 is 3.14 bits per heavy atom. The molecule has 0 atom stereocenters. The summed E-state index contributed by atoms with van der Waals surface area (Å²) in [5.74, 6) is 1.71. The normalized spacial score (nSPS) is 15.4. The summed E-state index contributed by atoms with van der Waals surface area (Å²) in [5, 5.41) is 2.84. The highest BCUT2D eigenvalue weighted by atomic mass is 32.2. The average Bonchev–Trinajstić information content (AvgIpc) is 2.40. The van der Waals surface area contributed by atoms with Gasteiger partial charge in [-0.25, -0.2) is 0 Å². The van der Waals surface area contributed by atoms with Crippen LogP contribution in [0.4, 0.5) is 0 Å². The second kappa shape index (κ2) is 3.92. The number of benzene rings is 1. The molecule has 0 unspecified atom stereocenters. The molecule has 0 saturated heterocycles. The summed E-state index contributed by atoms with van der Waals surface area (Å²) < 4.78 is 5.11. The molecule has 1 heterocycles. The van der Waals surface area contributed by atoms with Crippen LogP contribution < -0.4 is 10.1 Å². The molecule has 14 heavy (non-hydrogen) atoms. The number of nitrogens with one attached hydrogen (secondary N) is 1. The molecule has 4 heteroatoms. The van der Waals surface area contributed by atoms with Crippen molar-refractivity contribution in [2.75, 3.05) is 19.4 Å². The maximum absolute atomic E-state index is 11.5. The van der Waals surface area contributed by atoms with Crippen LogP contribution in [-0.4, -0.2) is 25.3 Å². The van der Waals surface area contributed by atoms with Crippen LogP contribution >= 0.6 is 11.8 Å². The first kappa shape index (κ1) is 9.40. The lowest BCUT2D eigenvalue weighted by atomic mass is 10.2. The summed E-state index contributed by atoms with van der Waals surface area (Å²) in [6.45, 7) is 0.723. The van der Waals surface area contributed by atoms with Crippen molar-refractivity contribution in [3.05, 3.63) is 23.8 Å². The zero-order valence-electron chi connectivity index (χ0n) is 7.87. The Morgan fingerprint density at radius 1 is 1.50 bits per heavy atom. The fraction of sp³-hybridized carbons (Fsp3) is 0.300. The van der Waals surface area contributed by atoms with Crippen LogP contribution in [0.15, 0.2) is 23.1 Å². The lowest BCUT2D eigenvalue weighted by Crippen LogP contribution is -2.23. The third-order valence-electron chi connectivity index (χ3n) is 2.08. The van der Waals surface area contributed by atoms with Crippen molar-refractivity contribution in [2.24, 2.45) is 0 Å². The fourth-order valence-electron chi connectivity index (χ4n) is 1.36. The summed E-state index contributed by atoms with van der Waals surface area (Å²) in [7, 11) is 1.63. The van der Waals surface area contributed by atoms with Gasteiger partial charge in [0.15, 0.2) is 0 Å². The van der Waals surface area contributed by atoms with Crippen LogP contribution in [0.5, 0.6) is 5.75 Å². The van der Waals surface area contributed by atoms with Gasteiger partial charge in [0.05, 0.1) is 12.7 Å². The molecule has 0 bridgehead atoms. The molecule has 74 valence electrons. The number of methoxy groups -OCH3 is 1. The Kier molecular flexibility index (Phi) is 2.63. The van der Waals surface area contributed by atoms with E-state index < -0.39 is 0 Å². The van der Waals surface area contributed by atoms with E-state index in [0.29, 0.717) is 0 Å². The smallest absolute Gasteiger partial charge is 0.252 e. The van der Waals surface area contributed by atoms with Gasteiger partial charge in [0, 0.05) is 17.2 Å². The van der Waals surface area contributed by atoms with E-state index >= 15 is 0 Å². The molecule has 1 aromatic rings. The van der Waals surface area contributed by atoms with Crippen molar-refractivity contribution in [1.29, 1.82) is 0 Å². The van der Waals surface area contributed by atoms with Crippen molar-refractivity contribution in [3.8, 4) is 5.75 Å². The van der Waals surface area contributed by atoms with Crippen LogP contribution in [0, 0.1) is 0 Å². The topological polar surface area (TPSA) is 38.3 Å². The molecule has 1 aliphatic heterocycles. The van der Waals surface area contributed by atoms with Gasteiger partial charge < -0.3 is 10.1 Å². The summed E-state index contributed by atoms with van der Waals surface area (Å²) in [4.78, 5) is 12.5. The Bertz CT molecular complexity index is 365. The van der Waals surface area contributed by atoms with Crippen molar-refractivity contribution in [1.82, 2.24) is 5.32 Å². The number of fused-ring (bicyclic) bond motifs is 1. The maximum atomic E-state index is 11.5. The van der Waals surface area contributed by atoms with Gasteiger partial charge in [0.25, 0.3) is 5.91 Å². The number of hydrogen-bond acceptors (Lipinski definition) is 3. The van der Waals surface area contributed by atoms with Gasteiger partial charge in [-0.3, -0.25) is 4.79 Å². The molecule has 2 rings (SSSR count). The quantitative estimate of drug-likeness (QED) is 0.762. The minimum Gasteiger partial charge on any atom is -0.497 e. The number of thioether (sulfide) groups is 1. The highest BCUT2D eigenvalue weighted by Crippen LogP contribution is 2.28. The molecular weight excluding hydrogens is 198 g/mol. The molecule has 0 radical (unpaired) electrons. The summed E-state index contributed by atoms with van der Waals surface area (Å²) in [6, 6.07) is 5.52. The second-order valence-electron chi connectivity index (χ2n) is 2.97. The van der Waals surface area contributed by atoms with E-state index in [1.807, 2.05) is 18.2 Å². The Hall–Kier alpha value is -1.16. The van der Waals surface area contributed by atoms with Crippen LogP contribution in [0.2, 0.25) is 0 Å². The zero-order chi connectivity index (χ0) is 9.97. The molecule has 1 N–H and O–H groups in total. The third kappa shape index (κ3) is 1.70. The first-order valence-corrected chi connectivity index (χ1v) is 5.39. The number of rotatable bonds is 1. The molecule has 0 aromatic heterocycles. The molecule has 1 aromatic carbocycles. The first-order valence-electron chi connectivity index (χ1n) is 4.40. The predicted molar refractivity (Wildman–Crippen MR) is 56.1 cm³/mol. The Balaban J connectivity index is 2.43. The third-order valence-corrected chi connectivity index (χ3v) is 3.14. The van der Waals surface area contributed by atoms with Crippen molar-refractivity contribution in [3.63, 3.8) is 0 Å². The second-order valence-corrected chi connectivity index (χ2v) is 4.10. The SMILES string of the molecule is COc1ccc2c(c1)SCCNC2=O. The van der Waals surface area contributed by atoms with Crippen molar-refractivity contribution in [2.45, 2.75) is 4.90 Å². The van der Waals surface area contributed by atoms with Gasteiger partial charge in [-0.1, -0.05) is 0 Å². The monoisotopic (exact) mass is 209 g/mol. The lowest BCUT2D eigenvalue weighted by molar-refractivity contribution is 0.0954. The number of ether oxygens (including phenoxy) is 1. The average molecular weight is 209 g/mol. The standard InChI is InChI=1S/C10H11NO2S/c1-13-7-2-3-8-9(6-7)14-5-4-11-10(8)12/h2-3,6H,4-5H2,1H3,(H,11,12). The van der Waals surface area contributed by atoms with Crippen molar-refractivity contribution < 1.29 is 9.53 Å². The molecule has 1 aliphatic rings. The van der Waals surface area contributed by atoms with Gasteiger partial charge in [0.1, 0.15) is 5.75 Å².